The van der Waals surface area contributed by atoms with Crippen LogP contribution in [0.5, 0.6) is 0 Å². The molecule has 0 radical (unpaired) electrons. The zero-order chi connectivity index (χ0) is 12.8. The maximum Gasteiger partial charge on any atom is 0.149 e. The molecule has 1 heterocycles. The summed E-state index contributed by atoms with van der Waals surface area (Å²) in [4.78, 5) is 4.32. The van der Waals surface area contributed by atoms with Gasteiger partial charge in [0.05, 0.1) is 18.3 Å². The van der Waals surface area contributed by atoms with Crippen molar-refractivity contribution in [2.24, 2.45) is 5.92 Å². The summed E-state index contributed by atoms with van der Waals surface area (Å²) in [6.07, 6.45) is 1.82. The number of nitrogens with two attached hydrogens (primary N) is 1. The lowest BCUT2D eigenvalue weighted by Crippen LogP contribution is -2.31. The smallest absolute Gasteiger partial charge is 0.149 e. The molecule has 0 spiro atoms. The van der Waals surface area contributed by atoms with Crippen molar-refractivity contribution < 1.29 is 4.74 Å². The number of hydrogen-bond acceptors (Lipinski definition) is 4. The van der Waals surface area contributed by atoms with Crippen molar-refractivity contribution in [3.63, 3.8) is 0 Å². The second-order valence-corrected chi connectivity index (χ2v) is 4.60. The molecule has 4 heteroatoms. The molecule has 1 aromatic rings. The largest absolute Gasteiger partial charge is 0.396 e. The van der Waals surface area contributed by atoms with Crippen LogP contribution < -0.4 is 11.1 Å². The van der Waals surface area contributed by atoms with Crippen molar-refractivity contribution >= 4 is 11.5 Å². The second-order valence-electron chi connectivity index (χ2n) is 4.60. The number of rotatable bonds is 6. The molecule has 17 heavy (non-hydrogen) atoms. The summed E-state index contributed by atoms with van der Waals surface area (Å²) in [5.74, 6) is 1.21. The Balaban J connectivity index is 2.71. The van der Waals surface area contributed by atoms with E-state index in [9.17, 15) is 0 Å². The highest BCUT2D eigenvalue weighted by Crippen LogP contribution is 2.19. The average molecular weight is 237 g/mol. The summed E-state index contributed by atoms with van der Waals surface area (Å²) in [6.45, 7) is 9.68. The van der Waals surface area contributed by atoms with Crippen LogP contribution in [0.1, 0.15) is 26.3 Å². The fourth-order valence-electron chi connectivity index (χ4n) is 1.53. The summed E-state index contributed by atoms with van der Waals surface area (Å²) < 4.78 is 5.46. The highest BCUT2D eigenvalue weighted by atomic mass is 16.5. The molecule has 0 aromatic carbocycles. The maximum absolute atomic E-state index is 5.93. The Hall–Kier alpha value is -1.29. The Morgan fingerprint density at radius 2 is 2.18 bits per heavy atom. The van der Waals surface area contributed by atoms with Gasteiger partial charge >= 0.3 is 0 Å². The van der Waals surface area contributed by atoms with Crippen LogP contribution in [0.4, 0.5) is 11.5 Å². The van der Waals surface area contributed by atoms with Crippen LogP contribution in [-0.2, 0) is 4.74 Å². The first-order valence-corrected chi connectivity index (χ1v) is 6.11. The van der Waals surface area contributed by atoms with Gasteiger partial charge in [0.15, 0.2) is 0 Å². The van der Waals surface area contributed by atoms with E-state index in [-0.39, 0.29) is 6.04 Å². The van der Waals surface area contributed by atoms with Gasteiger partial charge in [-0.3, -0.25) is 0 Å². The van der Waals surface area contributed by atoms with Crippen LogP contribution in [-0.4, -0.2) is 24.2 Å². The predicted octanol–water partition coefficient (Wildman–Crippen LogP) is 2.45. The number of nitrogens with one attached hydrogen (secondary N) is 1. The monoisotopic (exact) mass is 237 g/mol. The topological polar surface area (TPSA) is 60.2 Å². The van der Waals surface area contributed by atoms with Crippen molar-refractivity contribution in [1.29, 1.82) is 0 Å². The van der Waals surface area contributed by atoms with Gasteiger partial charge in [-0.2, -0.15) is 0 Å². The van der Waals surface area contributed by atoms with E-state index in [4.69, 9.17) is 10.5 Å². The van der Waals surface area contributed by atoms with Gasteiger partial charge in [-0.25, -0.2) is 4.98 Å². The molecule has 1 atom stereocenters. The lowest BCUT2D eigenvalue weighted by atomic mass is 10.1. The van der Waals surface area contributed by atoms with E-state index in [0.717, 1.165) is 18.0 Å². The minimum absolute atomic E-state index is 0.229. The molecular formula is C13H23N3O. The molecule has 96 valence electrons. The number of ether oxygens (including phenoxy) is 1. The third-order valence-corrected chi connectivity index (χ3v) is 2.68. The third-order valence-electron chi connectivity index (χ3n) is 2.68. The zero-order valence-electron chi connectivity index (χ0n) is 11.2. The van der Waals surface area contributed by atoms with E-state index < -0.39 is 0 Å². The zero-order valence-corrected chi connectivity index (χ0v) is 11.2. The molecule has 0 amide bonds. The van der Waals surface area contributed by atoms with E-state index in [1.54, 1.807) is 0 Å². The number of pyridine rings is 1. The number of aryl methyl sites for hydroxylation is 1. The number of anilines is 2. The van der Waals surface area contributed by atoms with Gasteiger partial charge in [0, 0.05) is 12.8 Å². The highest BCUT2D eigenvalue weighted by Gasteiger charge is 2.15. The van der Waals surface area contributed by atoms with Crippen molar-refractivity contribution in [2.45, 2.75) is 33.7 Å². The van der Waals surface area contributed by atoms with Gasteiger partial charge in [-0.1, -0.05) is 13.8 Å². The minimum atomic E-state index is 0.229. The molecule has 0 bridgehead atoms. The Morgan fingerprint density at radius 1 is 1.47 bits per heavy atom. The van der Waals surface area contributed by atoms with Gasteiger partial charge in [0.25, 0.3) is 0 Å². The Labute approximate surface area is 104 Å². The lowest BCUT2D eigenvalue weighted by Gasteiger charge is -2.23. The molecular weight excluding hydrogens is 214 g/mol. The summed E-state index contributed by atoms with van der Waals surface area (Å²) in [5.41, 5.74) is 7.69. The lowest BCUT2D eigenvalue weighted by molar-refractivity contribution is 0.126. The van der Waals surface area contributed by atoms with Gasteiger partial charge in [0.1, 0.15) is 5.82 Å². The molecule has 0 aliphatic heterocycles. The van der Waals surface area contributed by atoms with Crippen LogP contribution in [0.3, 0.4) is 0 Å². The first-order chi connectivity index (χ1) is 8.04. The molecule has 0 aliphatic rings. The van der Waals surface area contributed by atoms with Gasteiger partial charge in [-0.05, 0) is 31.4 Å². The summed E-state index contributed by atoms with van der Waals surface area (Å²) in [7, 11) is 0. The van der Waals surface area contributed by atoms with E-state index in [0.29, 0.717) is 18.2 Å². The highest BCUT2D eigenvalue weighted by molar-refractivity contribution is 5.62. The normalized spacial score (nSPS) is 12.8. The van der Waals surface area contributed by atoms with Crippen molar-refractivity contribution in [2.75, 3.05) is 24.3 Å². The Kier molecular flexibility index (Phi) is 5.22. The quantitative estimate of drug-likeness (QED) is 0.798. The van der Waals surface area contributed by atoms with Crippen molar-refractivity contribution in [3.05, 3.63) is 17.8 Å². The third kappa shape index (κ3) is 4.23. The molecule has 4 nitrogen and oxygen atoms in total. The fraction of sp³-hybridized carbons (Fsp3) is 0.615. The number of aromatic nitrogens is 1. The number of nitrogens with zero attached hydrogens (tertiary/aromatic N) is 1. The average Bonchev–Trinajstić information content (AvgIpc) is 2.26. The summed E-state index contributed by atoms with van der Waals surface area (Å²) in [5, 5.41) is 3.35. The molecule has 0 saturated carbocycles. The molecule has 1 unspecified atom stereocenters. The van der Waals surface area contributed by atoms with Crippen LogP contribution >= 0.6 is 0 Å². The molecule has 1 rings (SSSR count). The van der Waals surface area contributed by atoms with Gasteiger partial charge in [0.2, 0.25) is 0 Å². The van der Waals surface area contributed by atoms with E-state index in [1.807, 2.05) is 26.1 Å². The van der Waals surface area contributed by atoms with Crippen molar-refractivity contribution in [1.82, 2.24) is 4.98 Å². The van der Waals surface area contributed by atoms with E-state index in [2.05, 4.69) is 24.1 Å². The molecule has 1 aromatic heterocycles. The first kappa shape index (κ1) is 13.8. The fourth-order valence-corrected chi connectivity index (χ4v) is 1.53. The number of nitrogen functional groups attached to an aromatic ring is 1. The van der Waals surface area contributed by atoms with Crippen LogP contribution in [0.2, 0.25) is 0 Å². The molecule has 0 saturated heterocycles. The first-order valence-electron chi connectivity index (χ1n) is 6.11. The maximum atomic E-state index is 5.93. The molecule has 3 N–H and O–H groups in total. The Bertz CT molecular complexity index is 353. The minimum Gasteiger partial charge on any atom is -0.396 e. The van der Waals surface area contributed by atoms with Crippen molar-refractivity contribution in [3.8, 4) is 0 Å². The van der Waals surface area contributed by atoms with Crippen LogP contribution in [0.15, 0.2) is 12.3 Å². The SMILES string of the molecule is CCOCC(Nc1ncc(C)cc1N)C(C)C. The predicted molar refractivity (Wildman–Crippen MR) is 72.1 cm³/mol. The van der Waals surface area contributed by atoms with Crippen LogP contribution in [0, 0.1) is 12.8 Å². The molecule has 0 fully saturated rings. The standard InChI is InChI=1S/C13H23N3O/c1-5-17-8-12(9(2)3)16-13-11(14)6-10(4)7-15-13/h6-7,9,12H,5,8,14H2,1-4H3,(H,15,16). The Morgan fingerprint density at radius 3 is 2.71 bits per heavy atom. The molecule has 0 aliphatic carbocycles. The van der Waals surface area contributed by atoms with Gasteiger partial charge in [-0.15, -0.1) is 0 Å². The van der Waals surface area contributed by atoms with Gasteiger partial charge < -0.3 is 15.8 Å². The van der Waals surface area contributed by atoms with E-state index in [1.165, 1.54) is 0 Å². The second kappa shape index (κ2) is 6.45. The number of hydrogen-bond donors (Lipinski definition) is 2. The van der Waals surface area contributed by atoms with E-state index >= 15 is 0 Å². The summed E-state index contributed by atoms with van der Waals surface area (Å²) >= 11 is 0. The summed E-state index contributed by atoms with van der Waals surface area (Å²) in [6, 6.07) is 2.15. The van der Waals surface area contributed by atoms with Crippen LogP contribution in [0.25, 0.3) is 0 Å².